The van der Waals surface area contributed by atoms with Gasteiger partial charge in [0.05, 0.1) is 13.2 Å². The second-order valence-corrected chi connectivity index (χ2v) is 5.38. The Balaban J connectivity index is 1.67. The summed E-state index contributed by atoms with van der Waals surface area (Å²) in [4.78, 5) is 2.17. The minimum atomic E-state index is -0.988. The van der Waals surface area contributed by atoms with Crippen molar-refractivity contribution in [3.05, 3.63) is 24.3 Å². The average molecular weight is 300 g/mol. The van der Waals surface area contributed by atoms with Crippen molar-refractivity contribution in [2.24, 2.45) is 0 Å². The van der Waals surface area contributed by atoms with E-state index in [1.807, 2.05) is 24.3 Å². The fourth-order valence-corrected chi connectivity index (χ4v) is 2.35. The van der Waals surface area contributed by atoms with Gasteiger partial charge < -0.3 is 24.2 Å². The maximum absolute atomic E-state index is 8.98. The van der Waals surface area contributed by atoms with Crippen molar-refractivity contribution < 1.29 is 19.3 Å². The highest BCUT2D eigenvalue weighted by molar-refractivity contribution is 6.19. The van der Waals surface area contributed by atoms with Crippen LogP contribution in [-0.2, 0) is 9.47 Å². The quantitative estimate of drug-likeness (QED) is 0.813. The number of alkyl halides is 1. The molecule has 2 aliphatic heterocycles. The van der Waals surface area contributed by atoms with E-state index in [-0.39, 0.29) is 19.1 Å². The number of hydrogen-bond acceptors (Lipinski definition) is 5. The highest BCUT2D eigenvalue weighted by atomic mass is 35.5. The van der Waals surface area contributed by atoms with Crippen LogP contribution in [0.2, 0.25) is 0 Å². The smallest absolute Gasteiger partial charge is 0.161 e. The molecule has 2 fully saturated rings. The van der Waals surface area contributed by atoms with E-state index in [0.717, 1.165) is 31.7 Å². The van der Waals surface area contributed by atoms with Gasteiger partial charge in [-0.1, -0.05) is 11.6 Å². The van der Waals surface area contributed by atoms with Crippen molar-refractivity contribution >= 4 is 17.3 Å². The summed E-state index contributed by atoms with van der Waals surface area (Å²) in [6, 6.07) is 7.66. The molecular weight excluding hydrogens is 282 g/mol. The van der Waals surface area contributed by atoms with Crippen LogP contribution in [-0.4, -0.2) is 42.9 Å². The lowest BCUT2D eigenvalue weighted by atomic mass is 10.1. The molecule has 2 heterocycles. The molecule has 0 aliphatic carbocycles. The van der Waals surface area contributed by atoms with Gasteiger partial charge in [0, 0.05) is 18.5 Å². The summed E-state index contributed by atoms with van der Waals surface area (Å²) in [7, 11) is 0. The number of rotatable bonds is 6. The summed E-state index contributed by atoms with van der Waals surface area (Å²) < 4.78 is 16.5. The van der Waals surface area contributed by atoms with E-state index in [9.17, 15) is 0 Å². The van der Waals surface area contributed by atoms with Gasteiger partial charge in [0.15, 0.2) is 5.56 Å². The summed E-state index contributed by atoms with van der Waals surface area (Å²) in [5.74, 6) is 0.678. The van der Waals surface area contributed by atoms with E-state index >= 15 is 0 Å². The minimum absolute atomic E-state index is 0.0715. The molecule has 6 heteroatoms. The first-order valence-electron chi connectivity index (χ1n) is 6.80. The maximum Gasteiger partial charge on any atom is 0.161 e. The predicted octanol–water partition coefficient (Wildman–Crippen LogP) is 1.92. The highest BCUT2D eigenvalue weighted by Crippen LogP contribution is 2.32. The second-order valence-electron chi connectivity index (χ2n) is 4.87. The molecule has 0 radical (unpaired) electrons. The van der Waals surface area contributed by atoms with Crippen LogP contribution in [0.1, 0.15) is 12.8 Å². The van der Waals surface area contributed by atoms with Gasteiger partial charge in [-0.3, -0.25) is 0 Å². The zero-order chi connectivity index (χ0) is 13.9. The molecule has 110 valence electrons. The molecular formula is C14H18ClNO4. The largest absolute Gasteiger partial charge is 0.490 e. The fourth-order valence-electron chi connectivity index (χ4n) is 2.28. The van der Waals surface area contributed by atoms with Crippen LogP contribution in [0.4, 0.5) is 5.69 Å². The van der Waals surface area contributed by atoms with Gasteiger partial charge in [0.2, 0.25) is 0 Å². The van der Waals surface area contributed by atoms with Crippen LogP contribution >= 0.6 is 11.6 Å². The zero-order valence-corrected chi connectivity index (χ0v) is 11.8. The first kappa shape index (κ1) is 13.9. The Morgan fingerprint density at radius 2 is 1.75 bits per heavy atom. The molecule has 3 unspecified atom stereocenters. The summed E-state index contributed by atoms with van der Waals surface area (Å²) in [6.45, 7) is 1.69. The first-order valence-corrected chi connectivity index (χ1v) is 7.24. The molecule has 0 amide bonds. The average Bonchev–Trinajstić information content (AvgIpc) is 2.32. The Morgan fingerprint density at radius 3 is 2.15 bits per heavy atom. The topological polar surface area (TPSA) is 51.2 Å². The van der Waals surface area contributed by atoms with Crippen LogP contribution in [0.15, 0.2) is 24.3 Å². The number of ether oxygens (including phenoxy) is 3. The molecule has 0 bridgehead atoms. The lowest BCUT2D eigenvalue weighted by Gasteiger charge is -2.46. The third-order valence-electron chi connectivity index (χ3n) is 3.49. The van der Waals surface area contributed by atoms with Crippen LogP contribution in [0, 0.1) is 0 Å². The van der Waals surface area contributed by atoms with E-state index in [2.05, 4.69) is 4.90 Å². The third kappa shape index (κ3) is 3.01. The molecule has 0 saturated carbocycles. The summed E-state index contributed by atoms with van der Waals surface area (Å²) in [5, 5.41) is 8.98. The molecule has 1 aromatic carbocycles. The highest BCUT2D eigenvalue weighted by Gasteiger charge is 2.35. The Hall–Kier alpha value is -1.01. The van der Waals surface area contributed by atoms with Gasteiger partial charge in [0.1, 0.15) is 24.8 Å². The van der Waals surface area contributed by atoms with Crippen LogP contribution in [0.25, 0.3) is 0 Å². The molecule has 5 nitrogen and oxygen atoms in total. The third-order valence-corrected chi connectivity index (χ3v) is 3.62. The second kappa shape index (κ2) is 6.18. The van der Waals surface area contributed by atoms with Crippen molar-refractivity contribution in [1.29, 1.82) is 0 Å². The lowest BCUT2D eigenvalue weighted by Crippen LogP contribution is -2.54. The van der Waals surface area contributed by atoms with E-state index in [1.54, 1.807) is 0 Å². The Labute approximate surface area is 123 Å². The molecule has 2 aliphatic rings. The predicted molar refractivity (Wildman–Crippen MR) is 75.0 cm³/mol. The van der Waals surface area contributed by atoms with Gasteiger partial charge >= 0.3 is 0 Å². The molecule has 2 saturated heterocycles. The summed E-state index contributed by atoms with van der Waals surface area (Å²) in [6.07, 6.45) is 2.26. The molecule has 3 rings (SSSR count). The van der Waals surface area contributed by atoms with Crippen LogP contribution < -0.4 is 9.64 Å². The van der Waals surface area contributed by atoms with Crippen LogP contribution in [0.5, 0.6) is 5.75 Å². The van der Waals surface area contributed by atoms with E-state index < -0.39 is 5.56 Å². The zero-order valence-electron chi connectivity index (χ0n) is 11.1. The Morgan fingerprint density at radius 1 is 1.20 bits per heavy atom. The SMILES string of the molecule is OC(Cl)COc1ccc(N(C2CCO2)C2CCO2)cc1. The normalized spacial score (nSPS) is 26.3. The number of aliphatic hydroxyl groups excluding tert-OH is 1. The maximum atomic E-state index is 8.98. The minimum Gasteiger partial charge on any atom is -0.490 e. The van der Waals surface area contributed by atoms with Crippen molar-refractivity contribution in [2.75, 3.05) is 24.7 Å². The number of nitrogens with zero attached hydrogens (tertiary/aromatic N) is 1. The fraction of sp³-hybridized carbons (Fsp3) is 0.571. The number of aliphatic hydroxyl groups is 1. The van der Waals surface area contributed by atoms with Crippen molar-refractivity contribution in [3.63, 3.8) is 0 Å². The van der Waals surface area contributed by atoms with Crippen molar-refractivity contribution in [3.8, 4) is 5.75 Å². The number of hydrogen-bond donors (Lipinski definition) is 1. The molecule has 20 heavy (non-hydrogen) atoms. The molecule has 3 atom stereocenters. The summed E-state index contributed by atoms with van der Waals surface area (Å²) >= 11 is 5.43. The van der Waals surface area contributed by atoms with Gasteiger partial charge in [0.25, 0.3) is 0 Å². The van der Waals surface area contributed by atoms with Gasteiger partial charge in [-0.15, -0.1) is 0 Å². The van der Waals surface area contributed by atoms with Gasteiger partial charge in [-0.05, 0) is 24.3 Å². The monoisotopic (exact) mass is 299 g/mol. The molecule has 1 N–H and O–H groups in total. The van der Waals surface area contributed by atoms with E-state index in [4.69, 9.17) is 30.9 Å². The number of anilines is 1. The van der Waals surface area contributed by atoms with Crippen molar-refractivity contribution in [1.82, 2.24) is 0 Å². The molecule has 0 aromatic heterocycles. The standard InChI is InChI=1S/C14H18ClNO4/c15-12(17)9-20-11-3-1-10(2-4-11)16(13-5-7-18-13)14-6-8-19-14/h1-4,12-14,17H,5-9H2. The molecule has 1 aromatic rings. The van der Waals surface area contributed by atoms with E-state index in [1.165, 1.54) is 0 Å². The molecule has 0 spiro atoms. The van der Waals surface area contributed by atoms with Crippen molar-refractivity contribution in [2.45, 2.75) is 30.9 Å². The van der Waals surface area contributed by atoms with Gasteiger partial charge in [-0.2, -0.15) is 0 Å². The Bertz CT molecular complexity index is 417. The van der Waals surface area contributed by atoms with Gasteiger partial charge in [-0.25, -0.2) is 0 Å². The summed E-state index contributed by atoms with van der Waals surface area (Å²) in [5.41, 5.74) is 0.0658. The van der Waals surface area contributed by atoms with E-state index in [0.29, 0.717) is 5.75 Å². The first-order chi connectivity index (χ1) is 9.74. The number of benzene rings is 1. The number of halogens is 1. The lowest BCUT2D eigenvalue weighted by molar-refractivity contribution is -0.117. The Kier molecular flexibility index (Phi) is 4.31. The van der Waals surface area contributed by atoms with Crippen LogP contribution in [0.3, 0.4) is 0 Å².